The van der Waals surface area contributed by atoms with E-state index in [-0.39, 0.29) is 18.5 Å². The Balaban J connectivity index is 1.57. The number of carbonyl (C=O) groups is 1. The summed E-state index contributed by atoms with van der Waals surface area (Å²) in [6.07, 6.45) is 2.46. The molecule has 1 fully saturated rings. The number of nitrogens with zero attached hydrogens (tertiary/aromatic N) is 1. The van der Waals surface area contributed by atoms with Gasteiger partial charge in [0.2, 0.25) is 5.91 Å². The Hall–Kier alpha value is -1.69. The lowest BCUT2D eigenvalue weighted by Crippen LogP contribution is -2.49. The number of rotatable bonds is 6. The fourth-order valence-electron chi connectivity index (χ4n) is 3.19. The van der Waals surface area contributed by atoms with E-state index in [1.807, 2.05) is 35.0 Å². The maximum Gasteiger partial charge on any atom is 0.237 e. The number of aliphatic hydroxyl groups excluding tert-OH is 1. The van der Waals surface area contributed by atoms with Crippen molar-refractivity contribution in [2.24, 2.45) is 0 Å². The molecule has 1 aliphatic rings. The summed E-state index contributed by atoms with van der Waals surface area (Å²) in [6, 6.07) is 12.1. The zero-order valence-corrected chi connectivity index (χ0v) is 14.5. The molecule has 1 aromatic heterocycles. The molecule has 1 saturated heterocycles. The van der Waals surface area contributed by atoms with Crippen molar-refractivity contribution < 1.29 is 9.90 Å². The van der Waals surface area contributed by atoms with Crippen LogP contribution in [-0.2, 0) is 11.3 Å². The van der Waals surface area contributed by atoms with Crippen LogP contribution in [0.1, 0.15) is 36.5 Å². The van der Waals surface area contributed by atoms with E-state index in [2.05, 4.69) is 22.3 Å². The smallest absolute Gasteiger partial charge is 0.237 e. The highest BCUT2D eigenvalue weighted by atomic mass is 32.1. The normalized spacial score (nSPS) is 19.8. The minimum absolute atomic E-state index is 0.0277. The number of benzene rings is 1. The first-order valence-corrected chi connectivity index (χ1v) is 9.44. The molecule has 2 aromatic rings. The molecule has 1 amide bonds. The molecule has 0 aliphatic carbocycles. The van der Waals surface area contributed by atoms with Crippen LogP contribution < -0.4 is 5.32 Å². The molecule has 0 radical (unpaired) electrons. The van der Waals surface area contributed by atoms with Crippen LogP contribution in [0.4, 0.5) is 0 Å². The monoisotopic (exact) mass is 344 g/mol. The molecule has 24 heavy (non-hydrogen) atoms. The van der Waals surface area contributed by atoms with Gasteiger partial charge in [-0.05, 0) is 47.3 Å². The molecule has 1 aromatic carbocycles. The minimum atomic E-state index is -0.633. The van der Waals surface area contributed by atoms with Gasteiger partial charge >= 0.3 is 0 Å². The van der Waals surface area contributed by atoms with Crippen LogP contribution in [0, 0.1) is 0 Å². The molecule has 0 saturated carbocycles. The molecule has 0 bridgehead atoms. The van der Waals surface area contributed by atoms with Gasteiger partial charge in [-0.3, -0.25) is 9.69 Å². The predicted molar refractivity (Wildman–Crippen MR) is 96.8 cm³/mol. The van der Waals surface area contributed by atoms with Gasteiger partial charge in [0.15, 0.2) is 0 Å². The lowest BCUT2D eigenvalue weighted by Gasteiger charge is -2.34. The van der Waals surface area contributed by atoms with Crippen molar-refractivity contribution in [2.45, 2.75) is 38.0 Å². The zero-order chi connectivity index (χ0) is 16.8. The maximum absolute atomic E-state index is 12.6. The number of likely N-dealkylation sites (tertiary alicyclic amines) is 1. The van der Waals surface area contributed by atoms with Crippen molar-refractivity contribution >= 4 is 17.2 Å². The Labute approximate surface area is 147 Å². The van der Waals surface area contributed by atoms with Crippen LogP contribution in [0.3, 0.4) is 0 Å². The summed E-state index contributed by atoms with van der Waals surface area (Å²) in [5, 5.41) is 16.9. The number of nitrogens with one attached hydrogen (secondary N) is 1. The van der Waals surface area contributed by atoms with Crippen molar-refractivity contribution in [3.05, 3.63) is 58.3 Å². The third-order valence-electron chi connectivity index (χ3n) is 4.54. The summed E-state index contributed by atoms with van der Waals surface area (Å²) >= 11 is 1.55. The van der Waals surface area contributed by atoms with Gasteiger partial charge < -0.3 is 10.4 Å². The maximum atomic E-state index is 12.6. The van der Waals surface area contributed by atoms with Gasteiger partial charge in [0.1, 0.15) is 0 Å². The van der Waals surface area contributed by atoms with Crippen LogP contribution in [0.2, 0.25) is 0 Å². The Morgan fingerprint density at radius 1 is 1.29 bits per heavy atom. The molecule has 3 rings (SSSR count). The Kier molecular flexibility index (Phi) is 6.01. The van der Waals surface area contributed by atoms with Crippen molar-refractivity contribution in [3.63, 3.8) is 0 Å². The van der Waals surface area contributed by atoms with Crippen LogP contribution in [-0.4, -0.2) is 35.0 Å². The first kappa shape index (κ1) is 17.1. The number of hydrogen-bond acceptors (Lipinski definition) is 4. The average molecular weight is 344 g/mol. The number of hydrogen-bond donors (Lipinski definition) is 2. The average Bonchev–Trinajstić information content (AvgIpc) is 3.15. The number of amides is 1. The second-order valence-corrected chi connectivity index (χ2v) is 7.07. The summed E-state index contributed by atoms with van der Waals surface area (Å²) in [6.45, 7) is 2.01. The van der Waals surface area contributed by atoms with Crippen molar-refractivity contribution in [2.75, 3.05) is 13.1 Å². The zero-order valence-electron chi connectivity index (χ0n) is 13.7. The predicted octanol–water partition coefficient (Wildman–Crippen LogP) is 2.95. The van der Waals surface area contributed by atoms with Gasteiger partial charge in [0.25, 0.3) is 0 Å². The molecule has 5 heteroatoms. The number of aliphatic hydroxyl groups is 1. The van der Waals surface area contributed by atoms with Crippen molar-refractivity contribution in [1.82, 2.24) is 10.2 Å². The molecular formula is C19H24N2O2S. The fourth-order valence-corrected chi connectivity index (χ4v) is 3.90. The summed E-state index contributed by atoms with van der Waals surface area (Å²) < 4.78 is 0. The van der Waals surface area contributed by atoms with Crippen LogP contribution >= 0.6 is 11.3 Å². The van der Waals surface area contributed by atoms with E-state index in [1.165, 1.54) is 5.56 Å². The third kappa shape index (κ3) is 4.44. The molecule has 0 spiro atoms. The first-order chi connectivity index (χ1) is 11.7. The highest BCUT2D eigenvalue weighted by Crippen LogP contribution is 2.20. The third-order valence-corrected chi connectivity index (χ3v) is 5.24. The summed E-state index contributed by atoms with van der Waals surface area (Å²) in [5.74, 6) is 0.0277. The minimum Gasteiger partial charge on any atom is -0.387 e. The van der Waals surface area contributed by atoms with Crippen LogP contribution in [0.15, 0.2) is 47.2 Å². The molecule has 4 nitrogen and oxygen atoms in total. The van der Waals surface area contributed by atoms with E-state index in [4.69, 9.17) is 0 Å². The van der Waals surface area contributed by atoms with E-state index in [0.29, 0.717) is 0 Å². The van der Waals surface area contributed by atoms with E-state index in [9.17, 15) is 9.90 Å². The number of thiophene rings is 1. The molecule has 2 N–H and O–H groups in total. The molecule has 2 unspecified atom stereocenters. The SMILES string of the molecule is O=C(NCC(O)c1ccsc1)C1CCCCN1Cc1ccccc1. The summed E-state index contributed by atoms with van der Waals surface area (Å²) in [5.41, 5.74) is 2.10. The largest absolute Gasteiger partial charge is 0.387 e. The van der Waals surface area contributed by atoms with Gasteiger partial charge in [-0.1, -0.05) is 36.8 Å². The molecule has 1 aliphatic heterocycles. The van der Waals surface area contributed by atoms with Gasteiger partial charge in [0.05, 0.1) is 12.1 Å². The van der Waals surface area contributed by atoms with Gasteiger partial charge in [0, 0.05) is 13.1 Å². The van der Waals surface area contributed by atoms with Gasteiger partial charge in [-0.2, -0.15) is 11.3 Å². The Bertz CT molecular complexity index is 630. The van der Waals surface area contributed by atoms with E-state index in [0.717, 1.165) is 37.9 Å². The van der Waals surface area contributed by atoms with E-state index in [1.54, 1.807) is 11.3 Å². The Morgan fingerprint density at radius 3 is 2.88 bits per heavy atom. The second-order valence-electron chi connectivity index (χ2n) is 6.29. The Morgan fingerprint density at radius 2 is 2.12 bits per heavy atom. The summed E-state index contributed by atoms with van der Waals surface area (Å²) in [4.78, 5) is 14.9. The second kappa shape index (κ2) is 8.42. The van der Waals surface area contributed by atoms with Crippen molar-refractivity contribution in [1.29, 1.82) is 0 Å². The molecule has 128 valence electrons. The van der Waals surface area contributed by atoms with Crippen LogP contribution in [0.5, 0.6) is 0 Å². The van der Waals surface area contributed by atoms with Gasteiger partial charge in [-0.25, -0.2) is 0 Å². The number of piperidine rings is 1. The fraction of sp³-hybridized carbons (Fsp3) is 0.421. The van der Waals surface area contributed by atoms with Crippen molar-refractivity contribution in [3.8, 4) is 0 Å². The first-order valence-electron chi connectivity index (χ1n) is 8.50. The summed E-state index contributed by atoms with van der Waals surface area (Å²) in [7, 11) is 0. The molecular weight excluding hydrogens is 320 g/mol. The lowest BCUT2D eigenvalue weighted by atomic mass is 10.00. The van der Waals surface area contributed by atoms with Gasteiger partial charge in [-0.15, -0.1) is 0 Å². The quantitative estimate of drug-likeness (QED) is 0.847. The topological polar surface area (TPSA) is 52.6 Å². The molecule has 2 atom stereocenters. The highest BCUT2D eigenvalue weighted by molar-refractivity contribution is 7.07. The lowest BCUT2D eigenvalue weighted by molar-refractivity contribution is -0.128. The number of carbonyl (C=O) groups excluding carboxylic acids is 1. The van der Waals surface area contributed by atoms with E-state index >= 15 is 0 Å². The molecule has 2 heterocycles. The standard InChI is InChI=1S/C19H24N2O2S/c22-18(16-9-11-24-14-16)12-20-19(23)17-8-4-5-10-21(17)13-15-6-2-1-3-7-15/h1-3,6-7,9,11,14,17-18,22H,4-5,8,10,12-13H2,(H,20,23). The van der Waals surface area contributed by atoms with E-state index < -0.39 is 6.10 Å². The van der Waals surface area contributed by atoms with Crippen LogP contribution in [0.25, 0.3) is 0 Å². The highest BCUT2D eigenvalue weighted by Gasteiger charge is 2.28.